The van der Waals surface area contributed by atoms with Crippen LogP contribution in [0, 0.1) is 6.07 Å². The van der Waals surface area contributed by atoms with E-state index in [1.165, 1.54) is 13.0 Å². The maximum absolute atomic E-state index is 11.3. The van der Waals surface area contributed by atoms with Gasteiger partial charge in [0, 0.05) is 17.0 Å². The fourth-order valence-electron chi connectivity index (χ4n) is 1.52. The normalized spacial score (nSPS) is 10.3. The summed E-state index contributed by atoms with van der Waals surface area (Å²) in [6, 6.07) is 9.32. The van der Waals surface area contributed by atoms with E-state index in [2.05, 4.69) is 11.1 Å². The summed E-state index contributed by atoms with van der Waals surface area (Å²) in [5.74, 6) is -0.642. The molecule has 2 rings (SSSR count). The summed E-state index contributed by atoms with van der Waals surface area (Å²) in [5.41, 5.74) is 6.33. The number of amides is 1. The Morgan fingerprint density at radius 1 is 1.31 bits per heavy atom. The summed E-state index contributed by atoms with van der Waals surface area (Å²) in [6.45, 7) is 1.48. The van der Waals surface area contributed by atoms with Crippen molar-refractivity contribution >= 4 is 22.6 Å². The first-order valence-corrected chi connectivity index (χ1v) is 4.72. The molecule has 0 unspecified atom stereocenters. The molecule has 1 heterocycles. The number of hydrogen-bond donors (Lipinski definition) is 1. The van der Waals surface area contributed by atoms with E-state index in [-0.39, 0.29) is 11.5 Å². The van der Waals surface area contributed by atoms with Crippen LogP contribution in [0.3, 0.4) is 0 Å². The van der Waals surface area contributed by atoms with Gasteiger partial charge in [-0.1, -0.05) is 12.1 Å². The third kappa shape index (κ3) is 1.65. The van der Waals surface area contributed by atoms with Crippen molar-refractivity contribution in [2.75, 3.05) is 0 Å². The summed E-state index contributed by atoms with van der Waals surface area (Å²) in [7, 11) is 0. The largest absolute Gasteiger partial charge is 0.364 e. The molecule has 1 aromatic heterocycles. The number of pyridine rings is 1. The van der Waals surface area contributed by atoms with E-state index in [1.807, 2.05) is 0 Å². The van der Waals surface area contributed by atoms with Crippen molar-refractivity contribution in [3.05, 3.63) is 41.6 Å². The number of fused-ring (bicyclic) bond motifs is 1. The molecule has 79 valence electrons. The molecular formula is C12H9N2O2. The van der Waals surface area contributed by atoms with Crippen molar-refractivity contribution in [2.45, 2.75) is 6.92 Å². The van der Waals surface area contributed by atoms with Crippen LogP contribution in [0.15, 0.2) is 24.3 Å². The molecule has 1 aromatic carbocycles. The molecule has 0 saturated carbocycles. The first-order valence-electron chi connectivity index (χ1n) is 4.72. The lowest BCUT2D eigenvalue weighted by Crippen LogP contribution is -2.13. The lowest BCUT2D eigenvalue weighted by Gasteiger charge is -2.03. The second-order valence-corrected chi connectivity index (χ2v) is 3.40. The van der Waals surface area contributed by atoms with Gasteiger partial charge in [-0.05, 0) is 19.1 Å². The first kappa shape index (κ1) is 10.3. The summed E-state index contributed by atoms with van der Waals surface area (Å²) in [4.78, 5) is 26.3. The minimum Gasteiger partial charge on any atom is -0.364 e. The van der Waals surface area contributed by atoms with Gasteiger partial charge < -0.3 is 5.73 Å². The van der Waals surface area contributed by atoms with E-state index in [0.717, 1.165) is 0 Å². The van der Waals surface area contributed by atoms with Crippen molar-refractivity contribution in [1.82, 2.24) is 4.98 Å². The van der Waals surface area contributed by atoms with E-state index < -0.39 is 5.91 Å². The second-order valence-electron chi connectivity index (χ2n) is 3.40. The second kappa shape index (κ2) is 3.73. The Morgan fingerprint density at radius 3 is 2.69 bits per heavy atom. The Labute approximate surface area is 92.1 Å². The number of nitrogens with zero attached hydrogens (tertiary/aromatic N) is 1. The van der Waals surface area contributed by atoms with Gasteiger partial charge in [-0.3, -0.25) is 9.59 Å². The van der Waals surface area contributed by atoms with Gasteiger partial charge in [-0.2, -0.15) is 0 Å². The third-order valence-corrected chi connectivity index (χ3v) is 2.29. The molecule has 0 saturated heterocycles. The van der Waals surface area contributed by atoms with Crippen LogP contribution in [-0.4, -0.2) is 16.7 Å². The number of rotatable bonds is 2. The van der Waals surface area contributed by atoms with Crippen LogP contribution in [-0.2, 0) is 0 Å². The molecule has 16 heavy (non-hydrogen) atoms. The Balaban J connectivity index is 2.73. The average Bonchev–Trinajstić information content (AvgIpc) is 2.27. The van der Waals surface area contributed by atoms with Crippen LogP contribution in [0.2, 0.25) is 0 Å². The zero-order valence-electron chi connectivity index (χ0n) is 8.65. The molecule has 0 bridgehead atoms. The average molecular weight is 213 g/mol. The molecule has 1 amide bonds. The minimum absolute atomic E-state index is 0.0485. The van der Waals surface area contributed by atoms with E-state index in [0.29, 0.717) is 16.5 Å². The van der Waals surface area contributed by atoms with Gasteiger partial charge >= 0.3 is 0 Å². The molecule has 4 heteroatoms. The van der Waals surface area contributed by atoms with Crippen LogP contribution in [0.1, 0.15) is 27.8 Å². The summed E-state index contributed by atoms with van der Waals surface area (Å²) in [6.07, 6.45) is 0. The third-order valence-electron chi connectivity index (χ3n) is 2.29. The quantitative estimate of drug-likeness (QED) is 0.765. The Morgan fingerprint density at radius 2 is 2.06 bits per heavy atom. The van der Waals surface area contributed by atoms with E-state index in [1.54, 1.807) is 18.2 Å². The molecular weight excluding hydrogens is 204 g/mol. The smallest absolute Gasteiger partial charge is 0.267 e. The summed E-state index contributed by atoms with van der Waals surface area (Å²) >= 11 is 0. The van der Waals surface area contributed by atoms with E-state index in [9.17, 15) is 9.59 Å². The number of benzene rings is 1. The topological polar surface area (TPSA) is 73.1 Å². The zero-order valence-corrected chi connectivity index (χ0v) is 8.65. The van der Waals surface area contributed by atoms with Gasteiger partial charge in [-0.25, -0.2) is 4.98 Å². The van der Waals surface area contributed by atoms with Gasteiger partial charge in [0.1, 0.15) is 5.69 Å². The first-order chi connectivity index (χ1) is 7.59. The van der Waals surface area contributed by atoms with Crippen LogP contribution in [0.5, 0.6) is 0 Å². The number of nitrogens with two attached hydrogens (primary N) is 1. The number of aromatic nitrogens is 1. The van der Waals surface area contributed by atoms with Crippen molar-refractivity contribution in [1.29, 1.82) is 0 Å². The molecule has 0 aliphatic carbocycles. The number of hydrogen-bond acceptors (Lipinski definition) is 3. The number of Topliss-reactive ketones (excluding diaryl/α,β-unsaturated/α-hetero) is 1. The SMILES string of the molecule is CC(=O)c1cc[c]c2nc(C(N)=O)ccc12. The van der Waals surface area contributed by atoms with E-state index >= 15 is 0 Å². The Bertz CT molecular complexity index is 591. The Hall–Kier alpha value is -2.23. The predicted octanol–water partition coefficient (Wildman–Crippen LogP) is 1.34. The van der Waals surface area contributed by atoms with Gasteiger partial charge in [0.25, 0.3) is 5.91 Å². The zero-order chi connectivity index (χ0) is 11.7. The van der Waals surface area contributed by atoms with Crippen LogP contribution < -0.4 is 5.73 Å². The molecule has 0 atom stereocenters. The lowest BCUT2D eigenvalue weighted by molar-refractivity contribution is 0.0993. The number of carbonyl (C=O) groups excluding carboxylic acids is 2. The highest BCUT2D eigenvalue weighted by molar-refractivity contribution is 6.06. The molecule has 0 fully saturated rings. The van der Waals surface area contributed by atoms with Crippen molar-refractivity contribution in [2.24, 2.45) is 5.73 Å². The highest BCUT2D eigenvalue weighted by Gasteiger charge is 2.08. The highest BCUT2D eigenvalue weighted by atomic mass is 16.1. The molecule has 2 aromatic rings. The number of carbonyl (C=O) groups is 2. The Kier molecular flexibility index (Phi) is 2.40. The fraction of sp³-hybridized carbons (Fsp3) is 0.0833. The molecule has 2 N–H and O–H groups in total. The highest BCUT2D eigenvalue weighted by Crippen LogP contribution is 2.17. The maximum Gasteiger partial charge on any atom is 0.267 e. The molecule has 0 aliphatic heterocycles. The van der Waals surface area contributed by atoms with Crippen molar-refractivity contribution in [3.63, 3.8) is 0 Å². The van der Waals surface area contributed by atoms with Gasteiger partial charge in [-0.15, -0.1) is 0 Å². The molecule has 1 radical (unpaired) electrons. The molecule has 0 spiro atoms. The molecule has 4 nitrogen and oxygen atoms in total. The lowest BCUT2D eigenvalue weighted by atomic mass is 10.1. The summed E-state index contributed by atoms with van der Waals surface area (Å²) < 4.78 is 0. The number of ketones is 1. The fourth-order valence-corrected chi connectivity index (χ4v) is 1.52. The minimum atomic E-state index is -0.594. The summed E-state index contributed by atoms with van der Waals surface area (Å²) in [5, 5.41) is 0.681. The standard InChI is InChI=1S/C12H9N2O2/c1-7(15)8-3-2-4-10-9(8)5-6-11(14-10)12(13)16/h2-3,5-6H,1H3,(H2,13,16). The van der Waals surface area contributed by atoms with Crippen LogP contribution in [0.25, 0.3) is 10.9 Å². The van der Waals surface area contributed by atoms with Gasteiger partial charge in [0.15, 0.2) is 5.78 Å². The van der Waals surface area contributed by atoms with E-state index in [4.69, 9.17) is 5.73 Å². The van der Waals surface area contributed by atoms with Crippen LogP contribution in [0.4, 0.5) is 0 Å². The molecule has 0 aliphatic rings. The maximum atomic E-state index is 11.3. The van der Waals surface area contributed by atoms with Crippen LogP contribution >= 0.6 is 0 Å². The number of primary amides is 1. The van der Waals surface area contributed by atoms with Gasteiger partial charge in [0.05, 0.1) is 5.52 Å². The monoisotopic (exact) mass is 213 g/mol. The van der Waals surface area contributed by atoms with Crippen molar-refractivity contribution < 1.29 is 9.59 Å². The van der Waals surface area contributed by atoms with Crippen molar-refractivity contribution in [3.8, 4) is 0 Å². The predicted molar refractivity (Wildman–Crippen MR) is 59.1 cm³/mol. The van der Waals surface area contributed by atoms with Gasteiger partial charge in [0.2, 0.25) is 0 Å².